The zero-order valence-corrected chi connectivity index (χ0v) is 12.0. The van der Waals surface area contributed by atoms with Crippen molar-refractivity contribution in [2.75, 3.05) is 0 Å². The fourth-order valence-electron chi connectivity index (χ4n) is 1.85. The van der Waals surface area contributed by atoms with E-state index in [0.717, 1.165) is 0 Å². The summed E-state index contributed by atoms with van der Waals surface area (Å²) in [7, 11) is 0. The fraction of sp³-hybridized carbons (Fsp3) is 0.133. The molecule has 2 heterocycles. The standard InChI is InChI=1S/C15H10F2N2O5/c16-15(17)23-10-5-2-1-4-9(10)14(20)22-8-12-18-19-13(24-12)11-6-3-7-21-11/h1-7,15H,8H2. The predicted molar refractivity (Wildman–Crippen MR) is 74.2 cm³/mol. The van der Waals surface area contributed by atoms with E-state index in [1.807, 2.05) is 0 Å². The van der Waals surface area contributed by atoms with Gasteiger partial charge in [0.25, 0.3) is 11.8 Å². The molecule has 7 nitrogen and oxygen atoms in total. The van der Waals surface area contributed by atoms with Gasteiger partial charge in [0.15, 0.2) is 12.4 Å². The van der Waals surface area contributed by atoms with E-state index >= 15 is 0 Å². The number of para-hydroxylation sites is 1. The molecule has 0 N–H and O–H groups in total. The Labute approximate surface area is 133 Å². The van der Waals surface area contributed by atoms with Crippen molar-refractivity contribution in [2.45, 2.75) is 13.2 Å². The lowest BCUT2D eigenvalue weighted by atomic mass is 10.2. The van der Waals surface area contributed by atoms with Crippen molar-refractivity contribution in [1.29, 1.82) is 0 Å². The summed E-state index contributed by atoms with van der Waals surface area (Å²) >= 11 is 0. The zero-order chi connectivity index (χ0) is 16.9. The number of hydrogen-bond donors (Lipinski definition) is 0. The highest BCUT2D eigenvalue weighted by Crippen LogP contribution is 2.22. The van der Waals surface area contributed by atoms with Crippen LogP contribution in [0.4, 0.5) is 8.78 Å². The molecule has 0 saturated carbocycles. The number of alkyl halides is 2. The van der Waals surface area contributed by atoms with Gasteiger partial charge in [0.2, 0.25) is 0 Å². The van der Waals surface area contributed by atoms with Crippen molar-refractivity contribution in [3.8, 4) is 17.4 Å². The van der Waals surface area contributed by atoms with Gasteiger partial charge in [-0.3, -0.25) is 0 Å². The first-order valence-electron chi connectivity index (χ1n) is 6.70. The van der Waals surface area contributed by atoms with Gasteiger partial charge < -0.3 is 18.3 Å². The second-order valence-electron chi connectivity index (χ2n) is 4.43. The maximum atomic E-state index is 12.3. The summed E-state index contributed by atoms with van der Waals surface area (Å²) in [5.74, 6) is -0.603. The zero-order valence-electron chi connectivity index (χ0n) is 12.0. The molecule has 0 amide bonds. The van der Waals surface area contributed by atoms with Gasteiger partial charge in [-0.15, -0.1) is 10.2 Å². The number of furan rings is 1. The van der Waals surface area contributed by atoms with E-state index in [4.69, 9.17) is 13.6 Å². The number of ether oxygens (including phenoxy) is 2. The van der Waals surface area contributed by atoms with Crippen LogP contribution in [0.3, 0.4) is 0 Å². The van der Waals surface area contributed by atoms with E-state index in [9.17, 15) is 13.6 Å². The summed E-state index contributed by atoms with van der Waals surface area (Å²) in [6, 6.07) is 8.78. The molecule has 124 valence electrons. The second-order valence-corrected chi connectivity index (χ2v) is 4.43. The lowest BCUT2D eigenvalue weighted by molar-refractivity contribution is -0.0505. The summed E-state index contributed by atoms with van der Waals surface area (Å²) in [4.78, 5) is 12.0. The number of benzene rings is 1. The van der Waals surface area contributed by atoms with Crippen molar-refractivity contribution in [3.05, 3.63) is 54.1 Å². The summed E-state index contributed by atoms with van der Waals surface area (Å²) in [5.41, 5.74) is -0.136. The van der Waals surface area contributed by atoms with E-state index in [0.29, 0.717) is 5.76 Å². The number of carbonyl (C=O) groups is 1. The lowest BCUT2D eigenvalue weighted by Gasteiger charge is -2.09. The lowest BCUT2D eigenvalue weighted by Crippen LogP contribution is -2.10. The largest absolute Gasteiger partial charge is 0.459 e. The maximum Gasteiger partial charge on any atom is 0.387 e. The predicted octanol–water partition coefficient (Wildman–Crippen LogP) is 3.29. The molecule has 3 aromatic rings. The van der Waals surface area contributed by atoms with Gasteiger partial charge >= 0.3 is 12.6 Å². The number of rotatable bonds is 6. The Balaban J connectivity index is 1.66. The van der Waals surface area contributed by atoms with Crippen molar-refractivity contribution in [2.24, 2.45) is 0 Å². The summed E-state index contributed by atoms with van der Waals surface area (Å²) in [5, 5.41) is 7.44. The fourth-order valence-corrected chi connectivity index (χ4v) is 1.85. The third-order valence-corrected chi connectivity index (χ3v) is 2.85. The average molecular weight is 336 g/mol. The van der Waals surface area contributed by atoms with Crippen molar-refractivity contribution in [1.82, 2.24) is 10.2 Å². The molecule has 0 aliphatic carbocycles. The molecule has 2 aromatic heterocycles. The quantitative estimate of drug-likeness (QED) is 0.638. The van der Waals surface area contributed by atoms with Gasteiger partial charge in [0, 0.05) is 0 Å². The van der Waals surface area contributed by atoms with Gasteiger partial charge in [-0.1, -0.05) is 12.1 Å². The number of hydrogen-bond acceptors (Lipinski definition) is 7. The maximum absolute atomic E-state index is 12.3. The molecule has 1 aromatic carbocycles. The minimum Gasteiger partial charge on any atom is -0.459 e. The van der Waals surface area contributed by atoms with Crippen LogP contribution in [-0.2, 0) is 11.3 Å². The first-order valence-corrected chi connectivity index (χ1v) is 6.70. The highest BCUT2D eigenvalue weighted by atomic mass is 19.3. The molecule has 0 fully saturated rings. The van der Waals surface area contributed by atoms with Crippen LogP contribution in [0.2, 0.25) is 0 Å². The third kappa shape index (κ3) is 3.57. The molecular weight excluding hydrogens is 326 g/mol. The van der Waals surface area contributed by atoms with Crippen LogP contribution < -0.4 is 4.74 Å². The molecule has 0 atom stereocenters. The Bertz CT molecular complexity index is 817. The molecular formula is C15H10F2N2O5. The third-order valence-electron chi connectivity index (χ3n) is 2.85. The molecule has 0 unspecified atom stereocenters. The molecule has 0 aliphatic rings. The van der Waals surface area contributed by atoms with Crippen LogP contribution in [-0.4, -0.2) is 22.8 Å². The van der Waals surface area contributed by atoms with Crippen LogP contribution in [0.1, 0.15) is 16.2 Å². The number of esters is 1. The Morgan fingerprint density at radius 3 is 2.75 bits per heavy atom. The number of nitrogens with zero attached hydrogens (tertiary/aromatic N) is 2. The van der Waals surface area contributed by atoms with Gasteiger partial charge in [-0.2, -0.15) is 8.78 Å². The Morgan fingerprint density at radius 2 is 2.00 bits per heavy atom. The number of carbonyl (C=O) groups excluding carboxylic acids is 1. The van der Waals surface area contributed by atoms with Gasteiger partial charge in [-0.05, 0) is 24.3 Å². The molecule has 3 rings (SSSR count). The van der Waals surface area contributed by atoms with Crippen LogP contribution >= 0.6 is 0 Å². The summed E-state index contributed by atoms with van der Waals surface area (Å²) in [6.07, 6.45) is 1.44. The minimum atomic E-state index is -3.05. The molecule has 0 bridgehead atoms. The SMILES string of the molecule is O=C(OCc1nnc(-c2ccco2)o1)c1ccccc1OC(F)F. The second kappa shape index (κ2) is 6.90. The topological polar surface area (TPSA) is 87.6 Å². The molecule has 0 radical (unpaired) electrons. The van der Waals surface area contributed by atoms with Crippen molar-refractivity contribution < 1.29 is 31.9 Å². The first-order chi connectivity index (χ1) is 11.6. The highest BCUT2D eigenvalue weighted by Gasteiger charge is 2.18. The van der Waals surface area contributed by atoms with Crippen LogP contribution in [0, 0.1) is 0 Å². The van der Waals surface area contributed by atoms with Gasteiger partial charge in [-0.25, -0.2) is 4.79 Å². The van der Waals surface area contributed by atoms with E-state index in [-0.39, 0.29) is 29.7 Å². The van der Waals surface area contributed by atoms with E-state index < -0.39 is 12.6 Å². The molecule has 24 heavy (non-hydrogen) atoms. The smallest absolute Gasteiger partial charge is 0.387 e. The monoisotopic (exact) mass is 336 g/mol. The van der Waals surface area contributed by atoms with Gasteiger partial charge in [0.05, 0.1) is 6.26 Å². The van der Waals surface area contributed by atoms with Crippen LogP contribution in [0.5, 0.6) is 5.75 Å². The van der Waals surface area contributed by atoms with Crippen molar-refractivity contribution in [3.63, 3.8) is 0 Å². The normalized spacial score (nSPS) is 10.8. The molecule has 0 aliphatic heterocycles. The summed E-state index contributed by atoms with van der Waals surface area (Å²) in [6.45, 7) is -3.37. The average Bonchev–Trinajstić information content (AvgIpc) is 3.24. The number of halogens is 2. The minimum absolute atomic E-state index is 0.0296. The van der Waals surface area contributed by atoms with E-state index in [1.54, 1.807) is 12.1 Å². The van der Waals surface area contributed by atoms with Gasteiger partial charge in [0.1, 0.15) is 11.3 Å². The van der Waals surface area contributed by atoms with E-state index in [1.165, 1.54) is 30.5 Å². The highest BCUT2D eigenvalue weighted by molar-refractivity contribution is 5.92. The Morgan fingerprint density at radius 1 is 1.17 bits per heavy atom. The van der Waals surface area contributed by atoms with E-state index in [2.05, 4.69) is 14.9 Å². The molecule has 0 spiro atoms. The summed E-state index contributed by atoms with van der Waals surface area (Å²) < 4.78 is 44.3. The Hall–Kier alpha value is -3.23. The van der Waals surface area contributed by atoms with Crippen LogP contribution in [0.25, 0.3) is 11.7 Å². The first kappa shape index (κ1) is 15.7. The number of aromatic nitrogens is 2. The van der Waals surface area contributed by atoms with Crippen molar-refractivity contribution >= 4 is 5.97 Å². The van der Waals surface area contributed by atoms with Crippen LogP contribution in [0.15, 0.2) is 51.5 Å². The molecule has 9 heteroatoms. The Kier molecular flexibility index (Phi) is 4.50. The molecule has 0 saturated heterocycles.